The molecule has 1 fully saturated rings. The van der Waals surface area contributed by atoms with Crippen molar-refractivity contribution in [3.05, 3.63) is 22.1 Å². The first-order valence-electron chi connectivity index (χ1n) is 6.11. The van der Waals surface area contributed by atoms with Gasteiger partial charge in [0.25, 0.3) is 5.56 Å². The minimum Gasteiger partial charge on any atom is -0.299 e. The van der Waals surface area contributed by atoms with Gasteiger partial charge in [-0.25, -0.2) is 4.68 Å². The van der Waals surface area contributed by atoms with Crippen molar-refractivity contribution < 1.29 is 0 Å². The first-order chi connectivity index (χ1) is 7.31. The third-order valence-corrected chi connectivity index (χ3v) is 3.37. The summed E-state index contributed by atoms with van der Waals surface area (Å²) in [5.74, 6) is 0. The van der Waals surface area contributed by atoms with Crippen LogP contribution in [-0.2, 0) is 6.42 Å². The average Bonchev–Trinajstić information content (AvgIpc) is 2.48. The lowest BCUT2D eigenvalue weighted by Gasteiger charge is -2.14. The third kappa shape index (κ3) is 2.33. The molecule has 1 aliphatic rings. The first kappa shape index (κ1) is 10.5. The number of nitrogens with one attached hydrogen (secondary N) is 1. The largest absolute Gasteiger partial charge is 0.299 e. The highest BCUT2D eigenvalue weighted by molar-refractivity contribution is 4.99. The zero-order valence-corrected chi connectivity index (χ0v) is 9.46. The van der Waals surface area contributed by atoms with E-state index in [1.54, 1.807) is 6.07 Å². The van der Waals surface area contributed by atoms with Crippen molar-refractivity contribution in [1.82, 2.24) is 9.78 Å². The fourth-order valence-electron chi connectivity index (χ4n) is 2.43. The highest BCUT2D eigenvalue weighted by Crippen LogP contribution is 2.25. The van der Waals surface area contributed by atoms with Gasteiger partial charge in [-0.3, -0.25) is 9.89 Å². The van der Waals surface area contributed by atoms with Gasteiger partial charge in [0.2, 0.25) is 0 Å². The second-order valence-electron chi connectivity index (χ2n) is 4.49. The zero-order chi connectivity index (χ0) is 10.7. The van der Waals surface area contributed by atoms with Gasteiger partial charge in [-0.15, -0.1) is 0 Å². The van der Waals surface area contributed by atoms with E-state index in [2.05, 4.69) is 12.0 Å². The summed E-state index contributed by atoms with van der Waals surface area (Å²) in [6, 6.07) is 2.16. The van der Waals surface area contributed by atoms with Gasteiger partial charge in [0, 0.05) is 11.8 Å². The topological polar surface area (TPSA) is 37.8 Å². The van der Waals surface area contributed by atoms with Crippen molar-refractivity contribution >= 4 is 0 Å². The Morgan fingerprint density at radius 1 is 1.33 bits per heavy atom. The van der Waals surface area contributed by atoms with Crippen LogP contribution in [0.15, 0.2) is 10.9 Å². The number of aromatic amines is 1. The summed E-state index contributed by atoms with van der Waals surface area (Å²) in [6.07, 6.45) is 8.40. The highest BCUT2D eigenvalue weighted by Gasteiger charge is 2.16. The first-order valence-corrected chi connectivity index (χ1v) is 6.11. The standard InChI is InChI=1S/C12H20N2O/c1-2-10-9-12(15)14(13-10)11-7-5-3-4-6-8-11/h9,11,13H,2-8H2,1H3. The molecule has 1 heterocycles. The van der Waals surface area contributed by atoms with Crippen LogP contribution in [0.5, 0.6) is 0 Å². The number of nitrogens with zero attached hydrogens (tertiary/aromatic N) is 1. The van der Waals surface area contributed by atoms with Gasteiger partial charge < -0.3 is 0 Å². The second-order valence-corrected chi connectivity index (χ2v) is 4.49. The van der Waals surface area contributed by atoms with Gasteiger partial charge in [0.1, 0.15) is 0 Å². The van der Waals surface area contributed by atoms with Gasteiger partial charge >= 0.3 is 0 Å². The van der Waals surface area contributed by atoms with Crippen molar-refractivity contribution in [2.45, 2.75) is 57.9 Å². The molecule has 1 aliphatic carbocycles. The summed E-state index contributed by atoms with van der Waals surface area (Å²) < 4.78 is 1.85. The molecular weight excluding hydrogens is 188 g/mol. The molecule has 3 heteroatoms. The van der Waals surface area contributed by atoms with E-state index in [0.717, 1.165) is 25.0 Å². The van der Waals surface area contributed by atoms with Crippen LogP contribution in [0.1, 0.15) is 57.2 Å². The van der Waals surface area contributed by atoms with Crippen LogP contribution in [0.4, 0.5) is 0 Å². The summed E-state index contributed by atoms with van der Waals surface area (Å²) in [7, 11) is 0. The minimum atomic E-state index is 0.152. The zero-order valence-electron chi connectivity index (χ0n) is 9.46. The van der Waals surface area contributed by atoms with Crippen LogP contribution < -0.4 is 5.56 Å². The number of aryl methyl sites for hydroxylation is 1. The molecule has 15 heavy (non-hydrogen) atoms. The molecule has 0 saturated heterocycles. The van der Waals surface area contributed by atoms with Gasteiger partial charge in [0.05, 0.1) is 6.04 Å². The maximum absolute atomic E-state index is 11.7. The van der Waals surface area contributed by atoms with Crippen LogP contribution in [0, 0.1) is 0 Å². The Morgan fingerprint density at radius 2 is 2.00 bits per heavy atom. The van der Waals surface area contributed by atoms with Crippen molar-refractivity contribution in [2.24, 2.45) is 0 Å². The number of H-pyrrole nitrogens is 1. The Kier molecular flexibility index (Phi) is 3.29. The fraction of sp³-hybridized carbons (Fsp3) is 0.750. The van der Waals surface area contributed by atoms with Crippen molar-refractivity contribution in [3.8, 4) is 0 Å². The van der Waals surface area contributed by atoms with Crippen LogP contribution >= 0.6 is 0 Å². The van der Waals surface area contributed by atoms with E-state index in [0.29, 0.717) is 6.04 Å². The average molecular weight is 208 g/mol. The molecule has 0 unspecified atom stereocenters. The molecule has 0 amide bonds. The van der Waals surface area contributed by atoms with Crippen LogP contribution in [0.3, 0.4) is 0 Å². The number of aromatic nitrogens is 2. The summed E-state index contributed by atoms with van der Waals surface area (Å²) >= 11 is 0. The lowest BCUT2D eigenvalue weighted by atomic mass is 10.1. The molecular formula is C12H20N2O. The molecule has 0 aromatic carbocycles. The molecule has 3 nitrogen and oxygen atoms in total. The minimum absolute atomic E-state index is 0.152. The number of rotatable bonds is 2. The van der Waals surface area contributed by atoms with Gasteiger partial charge in [-0.05, 0) is 19.3 Å². The lowest BCUT2D eigenvalue weighted by molar-refractivity contribution is 0.394. The summed E-state index contributed by atoms with van der Waals surface area (Å²) in [5.41, 5.74) is 1.21. The van der Waals surface area contributed by atoms with E-state index in [9.17, 15) is 4.79 Å². The van der Waals surface area contributed by atoms with Crippen molar-refractivity contribution in [3.63, 3.8) is 0 Å². The molecule has 0 radical (unpaired) electrons. The Bertz CT molecular complexity index is 356. The maximum atomic E-state index is 11.7. The molecule has 84 valence electrons. The van der Waals surface area contributed by atoms with Crippen LogP contribution in [-0.4, -0.2) is 9.78 Å². The Hall–Kier alpha value is -0.990. The molecule has 0 bridgehead atoms. The van der Waals surface area contributed by atoms with E-state index in [1.165, 1.54) is 25.7 Å². The van der Waals surface area contributed by atoms with Crippen molar-refractivity contribution in [1.29, 1.82) is 0 Å². The van der Waals surface area contributed by atoms with E-state index in [1.807, 2.05) is 4.68 Å². The van der Waals surface area contributed by atoms with E-state index in [4.69, 9.17) is 0 Å². The molecule has 1 N–H and O–H groups in total. The predicted octanol–water partition coefficient (Wildman–Crippen LogP) is 2.63. The SMILES string of the molecule is CCc1cc(=O)n(C2CCCCCC2)[nH]1. The molecule has 1 aromatic heterocycles. The molecule has 2 rings (SSSR count). The Balaban J connectivity index is 2.19. The smallest absolute Gasteiger partial charge is 0.266 e. The lowest BCUT2D eigenvalue weighted by Crippen LogP contribution is -2.21. The second kappa shape index (κ2) is 4.69. The Morgan fingerprint density at radius 3 is 2.53 bits per heavy atom. The fourth-order valence-corrected chi connectivity index (χ4v) is 2.43. The normalized spacial score (nSPS) is 19.0. The van der Waals surface area contributed by atoms with Crippen molar-refractivity contribution in [2.75, 3.05) is 0 Å². The number of hydrogen-bond acceptors (Lipinski definition) is 1. The van der Waals surface area contributed by atoms with E-state index >= 15 is 0 Å². The van der Waals surface area contributed by atoms with Crippen LogP contribution in [0.2, 0.25) is 0 Å². The quantitative estimate of drug-likeness (QED) is 0.745. The molecule has 0 atom stereocenters. The molecule has 1 saturated carbocycles. The summed E-state index contributed by atoms with van der Waals surface area (Å²) in [4.78, 5) is 11.7. The van der Waals surface area contributed by atoms with Crippen LogP contribution in [0.25, 0.3) is 0 Å². The van der Waals surface area contributed by atoms with Gasteiger partial charge in [-0.2, -0.15) is 0 Å². The Labute approximate surface area is 90.5 Å². The molecule has 0 spiro atoms. The maximum Gasteiger partial charge on any atom is 0.266 e. The van der Waals surface area contributed by atoms with Gasteiger partial charge in [-0.1, -0.05) is 32.6 Å². The van der Waals surface area contributed by atoms with E-state index < -0.39 is 0 Å². The molecule has 1 aromatic rings. The van der Waals surface area contributed by atoms with Gasteiger partial charge in [0.15, 0.2) is 0 Å². The predicted molar refractivity (Wildman–Crippen MR) is 61.2 cm³/mol. The van der Waals surface area contributed by atoms with E-state index in [-0.39, 0.29) is 5.56 Å². The highest BCUT2D eigenvalue weighted by atomic mass is 16.1. The molecule has 0 aliphatic heterocycles. The number of hydrogen-bond donors (Lipinski definition) is 1. The monoisotopic (exact) mass is 208 g/mol. The summed E-state index contributed by atoms with van der Waals surface area (Å²) in [6.45, 7) is 2.07. The summed E-state index contributed by atoms with van der Waals surface area (Å²) in [5, 5.41) is 3.23. The third-order valence-electron chi connectivity index (χ3n) is 3.37.